The molecule has 1 aliphatic heterocycles. The van der Waals surface area contributed by atoms with Crippen molar-refractivity contribution < 1.29 is 44.8 Å². The molecule has 0 bridgehead atoms. The smallest absolute Gasteiger partial charge is 1.00 e. The molecule has 2 atom stereocenters. The molecule has 246 valence electrons. The van der Waals surface area contributed by atoms with Gasteiger partial charge in [0, 0.05) is 0 Å². The van der Waals surface area contributed by atoms with Crippen molar-refractivity contribution in [2.45, 2.75) is 87.3 Å². The Bertz CT molecular complexity index is 1720. The molecule has 1 heterocycles. The van der Waals surface area contributed by atoms with E-state index in [2.05, 4.69) is 111 Å². The number of allylic oxidation sites excluding steroid dienone is 2. The van der Waals surface area contributed by atoms with E-state index in [-0.39, 0.29) is 24.8 Å². The second-order valence-electron chi connectivity index (χ2n) is 15.6. The summed E-state index contributed by atoms with van der Waals surface area (Å²) in [6.45, 7) is 4.42. The standard InChI is InChI=1S/2C21H21.C3H6.2ClH.Hf/c2*1-15-9-11-17(12-10-15)20-8-4-7-18-13-19(14-21(18)20)16-5-2-3-6-16;1-3-2;;;/h2*4,7-14,16H,2-3,5-6H2,1H3;1-3H2;2*1H;/q;;;;;+2/p-2. The predicted molar refractivity (Wildman–Crippen MR) is 193 cm³/mol. The number of hydrogen-bond acceptors (Lipinski definition) is 0. The fourth-order valence-corrected chi connectivity index (χ4v) is 33.5. The zero-order valence-corrected chi connectivity index (χ0v) is 33.7. The van der Waals surface area contributed by atoms with Crippen LogP contribution in [0.3, 0.4) is 0 Å². The summed E-state index contributed by atoms with van der Waals surface area (Å²) in [7, 11) is 0. The molecule has 1 saturated heterocycles. The molecule has 3 heteroatoms. The van der Waals surface area contributed by atoms with Gasteiger partial charge in [-0.3, -0.25) is 0 Å². The first-order chi connectivity index (χ1) is 22.6. The van der Waals surface area contributed by atoms with E-state index < -0.39 is 20.0 Å². The van der Waals surface area contributed by atoms with Gasteiger partial charge in [0.25, 0.3) is 0 Å². The molecule has 0 nitrogen and oxygen atoms in total. The van der Waals surface area contributed by atoms with Crippen molar-refractivity contribution in [2.75, 3.05) is 0 Å². The number of aryl methyl sites for hydroxylation is 2. The van der Waals surface area contributed by atoms with E-state index in [0.717, 1.165) is 19.2 Å². The molecule has 0 spiro atoms. The molecule has 2 unspecified atom stereocenters. The molecule has 48 heavy (non-hydrogen) atoms. The van der Waals surface area contributed by atoms with Gasteiger partial charge in [-0.15, -0.1) is 0 Å². The van der Waals surface area contributed by atoms with Crippen LogP contribution in [0.5, 0.6) is 0 Å². The minimum atomic E-state index is -3.10. The van der Waals surface area contributed by atoms with Gasteiger partial charge in [-0.2, -0.15) is 0 Å². The molecule has 4 aromatic rings. The van der Waals surface area contributed by atoms with Crippen molar-refractivity contribution in [3.8, 4) is 22.3 Å². The number of fused-ring (bicyclic) bond motifs is 2. The number of rotatable bonds is 6. The van der Waals surface area contributed by atoms with E-state index >= 15 is 0 Å². The molecule has 5 aliphatic rings. The number of benzene rings is 4. The van der Waals surface area contributed by atoms with Crippen LogP contribution in [0.2, 0.25) is 8.35 Å². The van der Waals surface area contributed by atoms with E-state index in [9.17, 15) is 0 Å². The zero-order valence-electron chi connectivity index (χ0n) is 28.6. The summed E-state index contributed by atoms with van der Waals surface area (Å²) in [5.74, 6) is 1.58. The van der Waals surface area contributed by atoms with Crippen LogP contribution in [0.25, 0.3) is 34.4 Å². The molecular weight excluding hydrogens is 790 g/mol. The van der Waals surface area contributed by atoms with Crippen LogP contribution in [-0.4, -0.2) is 0 Å². The molecule has 3 fully saturated rings. The zero-order chi connectivity index (χ0) is 30.8. The molecule has 4 aliphatic carbocycles. The van der Waals surface area contributed by atoms with Crippen molar-refractivity contribution in [3.05, 3.63) is 129 Å². The van der Waals surface area contributed by atoms with Gasteiger partial charge >= 0.3 is 283 Å². The Kier molecular flexibility index (Phi) is 9.89. The maximum Gasteiger partial charge on any atom is -1.00 e. The van der Waals surface area contributed by atoms with Gasteiger partial charge in [-0.05, 0) is 0 Å². The minimum absolute atomic E-state index is 0. The SMILES string of the molecule is Cc1ccc(-c2cccc3c2C=C(C2CCCC2)[CH]3[Hf+2]2([CH]3C(C4CCCC4)=Cc4c(-c5ccc(C)cc5)cccc43)[CH2]C[CH2]2)cc1.[Cl-].[Cl-]. The maximum absolute atomic E-state index is 3.10. The first kappa shape index (κ1) is 34.3. The van der Waals surface area contributed by atoms with Crippen LogP contribution in [0.15, 0.2) is 96.1 Å². The number of halogens is 2. The first-order valence-corrected chi connectivity index (χ1v) is 27.7. The van der Waals surface area contributed by atoms with E-state index in [4.69, 9.17) is 0 Å². The summed E-state index contributed by atoms with van der Waals surface area (Å²) >= 11 is -3.10. The fraction of sp³-hybridized carbons (Fsp3) is 0.378. The average molecular weight is 838 g/mol. The largest absolute Gasteiger partial charge is 1.00 e. The fourth-order valence-electron chi connectivity index (χ4n) is 10.7. The Balaban J connectivity index is 0.00000182. The Hall–Kier alpha value is -2.19. The van der Waals surface area contributed by atoms with E-state index in [1.807, 2.05) is 11.1 Å². The van der Waals surface area contributed by atoms with Crippen molar-refractivity contribution in [1.82, 2.24) is 0 Å². The second kappa shape index (κ2) is 13.8. The summed E-state index contributed by atoms with van der Waals surface area (Å²) in [4.78, 5) is 0. The Morgan fingerprint density at radius 3 is 1.23 bits per heavy atom. The van der Waals surface area contributed by atoms with Gasteiger partial charge in [-0.25, -0.2) is 0 Å². The summed E-state index contributed by atoms with van der Waals surface area (Å²) < 4.78 is 4.62. The Morgan fingerprint density at radius 2 is 0.875 bits per heavy atom. The molecule has 0 aromatic heterocycles. The maximum atomic E-state index is 2.78. The molecule has 0 N–H and O–H groups in total. The first-order valence-electron chi connectivity index (χ1n) is 18.4. The van der Waals surface area contributed by atoms with Gasteiger partial charge in [0.15, 0.2) is 0 Å². The molecule has 4 aromatic carbocycles. The molecule has 0 radical (unpaired) electrons. The minimum Gasteiger partial charge on any atom is -1.00 e. The second-order valence-corrected chi connectivity index (χ2v) is 32.2. The van der Waals surface area contributed by atoms with Crippen LogP contribution in [0.4, 0.5) is 0 Å². The van der Waals surface area contributed by atoms with Gasteiger partial charge in [0.05, 0.1) is 0 Å². The summed E-state index contributed by atoms with van der Waals surface area (Å²) in [5.41, 5.74) is 18.8. The van der Waals surface area contributed by atoms with Crippen molar-refractivity contribution in [2.24, 2.45) is 11.8 Å². The van der Waals surface area contributed by atoms with E-state index in [1.54, 1.807) is 30.6 Å². The van der Waals surface area contributed by atoms with E-state index in [0.29, 0.717) is 0 Å². The van der Waals surface area contributed by atoms with Crippen LogP contribution < -0.4 is 24.8 Å². The van der Waals surface area contributed by atoms with Gasteiger partial charge in [-0.1, -0.05) is 0 Å². The Morgan fingerprint density at radius 1 is 0.479 bits per heavy atom. The average Bonchev–Trinajstić information content (AvgIpc) is 3.88. The quantitative estimate of drug-likeness (QED) is 0.184. The Labute approximate surface area is 305 Å². The number of hydrogen-bond donors (Lipinski definition) is 0. The van der Waals surface area contributed by atoms with Gasteiger partial charge < -0.3 is 24.8 Å². The molecular formula is C45H48Cl2Hf. The monoisotopic (exact) mass is 838 g/mol. The van der Waals surface area contributed by atoms with Crippen LogP contribution in [0, 0.1) is 25.7 Å². The third-order valence-electron chi connectivity index (χ3n) is 13.0. The van der Waals surface area contributed by atoms with Crippen molar-refractivity contribution in [3.63, 3.8) is 0 Å². The normalized spacial score (nSPS) is 22.0. The molecule has 2 saturated carbocycles. The third-order valence-corrected chi connectivity index (χ3v) is 35.1. The summed E-state index contributed by atoms with van der Waals surface area (Å²) in [6.07, 6.45) is 18.3. The van der Waals surface area contributed by atoms with Crippen LogP contribution in [0.1, 0.15) is 98.5 Å². The van der Waals surface area contributed by atoms with Crippen LogP contribution >= 0.6 is 0 Å². The third kappa shape index (κ3) is 5.59. The molecule has 9 rings (SSSR count). The van der Waals surface area contributed by atoms with E-state index in [1.165, 1.54) is 91.2 Å². The summed E-state index contributed by atoms with van der Waals surface area (Å²) in [6, 6.07) is 33.5. The predicted octanol–water partition coefficient (Wildman–Crippen LogP) is 7.00. The van der Waals surface area contributed by atoms with Crippen molar-refractivity contribution in [1.29, 1.82) is 0 Å². The van der Waals surface area contributed by atoms with Crippen LogP contribution in [-0.2, 0) is 20.0 Å². The van der Waals surface area contributed by atoms with Gasteiger partial charge in [0.2, 0.25) is 0 Å². The summed E-state index contributed by atoms with van der Waals surface area (Å²) in [5, 5.41) is 0. The van der Waals surface area contributed by atoms with Gasteiger partial charge in [0.1, 0.15) is 0 Å². The molecule has 0 amide bonds. The van der Waals surface area contributed by atoms with Crippen molar-refractivity contribution >= 4 is 12.2 Å². The topological polar surface area (TPSA) is 0 Å².